The van der Waals surface area contributed by atoms with Crippen LogP contribution in [0.2, 0.25) is 0 Å². The number of rotatable bonds is 7. The van der Waals surface area contributed by atoms with Gasteiger partial charge in [-0.05, 0) is 46.8 Å². The molecule has 0 unspecified atom stereocenters. The number of nitrogens with zero attached hydrogens (tertiary/aromatic N) is 2. The van der Waals surface area contributed by atoms with Gasteiger partial charge in [-0.1, -0.05) is 30.3 Å². The average Bonchev–Trinajstić information content (AvgIpc) is 3.20. The van der Waals surface area contributed by atoms with E-state index < -0.39 is 0 Å². The molecule has 0 bridgehead atoms. The van der Waals surface area contributed by atoms with Crippen molar-refractivity contribution < 1.29 is 9.53 Å². The van der Waals surface area contributed by atoms with E-state index in [0.717, 1.165) is 16.0 Å². The third kappa shape index (κ3) is 5.80. The molecule has 0 saturated carbocycles. The van der Waals surface area contributed by atoms with Crippen molar-refractivity contribution in [3.05, 3.63) is 87.6 Å². The first-order valence-electron chi connectivity index (χ1n) is 8.29. The monoisotopic (exact) mass is 375 g/mol. The molecule has 1 aromatic heterocycles. The molecule has 2 aromatic carbocycles. The summed E-state index contributed by atoms with van der Waals surface area (Å²) in [5.74, 6) is 0.551. The lowest BCUT2D eigenvalue weighted by Crippen LogP contribution is -2.19. The van der Waals surface area contributed by atoms with Crippen molar-refractivity contribution in [1.29, 1.82) is 5.26 Å². The zero-order valence-corrected chi connectivity index (χ0v) is 15.3. The van der Waals surface area contributed by atoms with Crippen molar-refractivity contribution in [1.82, 2.24) is 5.43 Å². The number of nitriles is 1. The van der Waals surface area contributed by atoms with E-state index in [9.17, 15) is 4.79 Å². The van der Waals surface area contributed by atoms with Crippen LogP contribution in [0, 0.1) is 11.3 Å². The molecule has 1 amide bonds. The minimum Gasteiger partial charge on any atom is -0.489 e. The first kappa shape index (κ1) is 18.4. The van der Waals surface area contributed by atoms with Gasteiger partial charge in [0.05, 0.1) is 24.3 Å². The summed E-state index contributed by atoms with van der Waals surface area (Å²) in [5.41, 5.74) is 4.95. The zero-order chi connectivity index (χ0) is 18.9. The second kappa shape index (κ2) is 9.32. The normalized spacial score (nSPS) is 10.5. The molecule has 0 radical (unpaired) electrons. The quantitative estimate of drug-likeness (QED) is 0.503. The first-order valence-corrected chi connectivity index (χ1v) is 9.17. The van der Waals surface area contributed by atoms with Crippen LogP contribution in [0.25, 0.3) is 0 Å². The second-order valence-corrected chi connectivity index (χ2v) is 6.75. The van der Waals surface area contributed by atoms with Crippen LogP contribution in [0.3, 0.4) is 0 Å². The number of hydrazone groups is 1. The molecule has 27 heavy (non-hydrogen) atoms. The Morgan fingerprint density at radius 1 is 1.19 bits per heavy atom. The fraction of sp³-hybridized carbons (Fsp3) is 0.0952. The Kier molecular flexibility index (Phi) is 6.34. The number of carbonyl (C=O) groups is 1. The minimum absolute atomic E-state index is 0.151. The zero-order valence-electron chi connectivity index (χ0n) is 14.5. The number of hydrogen-bond donors (Lipinski definition) is 1. The third-order valence-electron chi connectivity index (χ3n) is 3.66. The van der Waals surface area contributed by atoms with Crippen molar-refractivity contribution in [3.8, 4) is 11.8 Å². The second-order valence-electron chi connectivity index (χ2n) is 5.72. The average molecular weight is 375 g/mol. The largest absolute Gasteiger partial charge is 0.489 e. The topological polar surface area (TPSA) is 74.5 Å². The highest BCUT2D eigenvalue weighted by atomic mass is 32.1. The van der Waals surface area contributed by atoms with Crippen molar-refractivity contribution in [3.63, 3.8) is 0 Å². The van der Waals surface area contributed by atoms with Gasteiger partial charge in [0.25, 0.3) is 0 Å². The smallest absolute Gasteiger partial charge is 0.245 e. The summed E-state index contributed by atoms with van der Waals surface area (Å²) in [5, 5.41) is 14.8. The molecule has 134 valence electrons. The van der Waals surface area contributed by atoms with E-state index in [-0.39, 0.29) is 5.91 Å². The van der Waals surface area contributed by atoms with Crippen LogP contribution in [0.4, 0.5) is 0 Å². The van der Waals surface area contributed by atoms with E-state index in [1.54, 1.807) is 29.7 Å². The van der Waals surface area contributed by atoms with Gasteiger partial charge in [-0.25, -0.2) is 5.43 Å². The number of hydrogen-bond acceptors (Lipinski definition) is 5. The van der Waals surface area contributed by atoms with Crippen LogP contribution in [0.1, 0.15) is 21.6 Å². The summed E-state index contributed by atoms with van der Waals surface area (Å²) in [7, 11) is 0. The summed E-state index contributed by atoms with van der Waals surface area (Å²) >= 11 is 1.54. The molecular formula is C21H17N3O2S. The predicted octanol–water partition coefficient (Wildman–Crippen LogP) is 3.89. The van der Waals surface area contributed by atoms with E-state index in [0.29, 0.717) is 24.3 Å². The van der Waals surface area contributed by atoms with Crippen LogP contribution < -0.4 is 10.2 Å². The minimum atomic E-state index is -0.151. The van der Waals surface area contributed by atoms with Gasteiger partial charge in [-0.2, -0.15) is 10.4 Å². The van der Waals surface area contributed by atoms with Gasteiger partial charge in [0.1, 0.15) is 12.4 Å². The maximum absolute atomic E-state index is 11.8. The molecule has 0 aliphatic heterocycles. The fourth-order valence-corrected chi connectivity index (χ4v) is 3.02. The molecule has 5 nitrogen and oxygen atoms in total. The van der Waals surface area contributed by atoms with Crippen LogP contribution in [-0.4, -0.2) is 12.1 Å². The van der Waals surface area contributed by atoms with Gasteiger partial charge in [0.2, 0.25) is 5.91 Å². The number of carbonyl (C=O) groups excluding carboxylic acids is 1. The molecule has 1 N–H and O–H groups in total. The highest BCUT2D eigenvalue weighted by Gasteiger charge is 2.02. The molecule has 3 aromatic rings. The molecule has 0 saturated heterocycles. The van der Waals surface area contributed by atoms with E-state index >= 15 is 0 Å². The molecule has 0 spiro atoms. The summed E-state index contributed by atoms with van der Waals surface area (Å²) in [6.45, 7) is 0.407. The van der Waals surface area contributed by atoms with Gasteiger partial charge in [0.15, 0.2) is 0 Å². The summed E-state index contributed by atoms with van der Waals surface area (Å²) in [4.78, 5) is 12.8. The molecule has 6 heteroatoms. The fourth-order valence-electron chi connectivity index (χ4n) is 2.32. The Hall–Kier alpha value is -3.43. The highest BCUT2D eigenvalue weighted by Crippen LogP contribution is 2.15. The third-order valence-corrected chi connectivity index (χ3v) is 4.54. The van der Waals surface area contributed by atoms with Gasteiger partial charge in [0, 0.05) is 4.88 Å². The summed E-state index contributed by atoms with van der Waals surface area (Å²) in [6.07, 6.45) is 1.91. The van der Waals surface area contributed by atoms with Gasteiger partial charge in [-0.3, -0.25) is 4.79 Å². The van der Waals surface area contributed by atoms with Gasteiger partial charge < -0.3 is 4.74 Å². The number of ether oxygens (including phenoxy) is 1. The standard InChI is InChI=1S/C21H17N3O2S/c22-13-16-6-8-17(9-7-16)15-26-19-4-1-3-18(11-19)14-23-24-21(25)12-20-5-2-10-27-20/h1-11,14H,12,15H2,(H,24,25)/b23-14-. The Labute approximate surface area is 161 Å². The number of benzene rings is 2. The maximum Gasteiger partial charge on any atom is 0.245 e. The Morgan fingerprint density at radius 2 is 2.04 bits per heavy atom. The molecule has 0 fully saturated rings. The van der Waals surface area contributed by atoms with Gasteiger partial charge >= 0.3 is 0 Å². The maximum atomic E-state index is 11.8. The summed E-state index contributed by atoms with van der Waals surface area (Å²) < 4.78 is 5.77. The van der Waals surface area contributed by atoms with Crippen LogP contribution in [0.5, 0.6) is 5.75 Å². The SMILES string of the molecule is N#Cc1ccc(COc2cccc(/C=N\NC(=O)Cc3cccs3)c2)cc1. The predicted molar refractivity (Wildman–Crippen MR) is 106 cm³/mol. The molecule has 3 rings (SSSR count). The van der Waals surface area contributed by atoms with Crippen molar-refractivity contribution in [2.75, 3.05) is 0 Å². The number of nitrogens with one attached hydrogen (secondary N) is 1. The Balaban J connectivity index is 1.51. The molecule has 0 aliphatic rings. The van der Waals surface area contributed by atoms with Crippen molar-refractivity contribution >= 4 is 23.5 Å². The first-order chi connectivity index (χ1) is 13.2. The molecular weight excluding hydrogens is 358 g/mol. The van der Waals surface area contributed by atoms with E-state index in [2.05, 4.69) is 16.6 Å². The molecule has 0 aliphatic carbocycles. The number of amides is 1. The van der Waals surface area contributed by atoms with E-state index in [1.807, 2.05) is 53.9 Å². The lowest BCUT2D eigenvalue weighted by Gasteiger charge is -2.07. The lowest BCUT2D eigenvalue weighted by molar-refractivity contribution is -0.120. The van der Waals surface area contributed by atoms with Crippen LogP contribution in [0.15, 0.2) is 71.1 Å². The van der Waals surface area contributed by atoms with E-state index in [1.165, 1.54) is 0 Å². The lowest BCUT2D eigenvalue weighted by atomic mass is 10.1. The van der Waals surface area contributed by atoms with Crippen LogP contribution >= 0.6 is 11.3 Å². The molecule has 1 heterocycles. The highest BCUT2D eigenvalue weighted by molar-refractivity contribution is 7.10. The Morgan fingerprint density at radius 3 is 2.78 bits per heavy atom. The van der Waals surface area contributed by atoms with Crippen LogP contribution in [-0.2, 0) is 17.8 Å². The Bertz CT molecular complexity index is 958. The summed E-state index contributed by atoms with van der Waals surface area (Å²) in [6, 6.07) is 20.6. The number of thiophene rings is 1. The van der Waals surface area contributed by atoms with Crippen molar-refractivity contribution in [2.24, 2.45) is 5.10 Å². The van der Waals surface area contributed by atoms with Gasteiger partial charge in [-0.15, -0.1) is 11.3 Å². The van der Waals surface area contributed by atoms with Crippen molar-refractivity contribution in [2.45, 2.75) is 13.0 Å². The molecule has 0 atom stereocenters. The van der Waals surface area contributed by atoms with E-state index in [4.69, 9.17) is 10.00 Å².